The number of carbonyl (C=O) groups is 2. The second-order valence-electron chi connectivity index (χ2n) is 6.43. The second kappa shape index (κ2) is 10.6. The van der Waals surface area contributed by atoms with Gasteiger partial charge in [-0.3, -0.25) is 4.79 Å². The summed E-state index contributed by atoms with van der Waals surface area (Å²) in [6.07, 6.45) is 1.46. The predicted octanol–water partition coefficient (Wildman–Crippen LogP) is 5.05. The highest BCUT2D eigenvalue weighted by Gasteiger charge is 2.10. The third kappa shape index (κ3) is 6.57. The first-order valence-electron chi connectivity index (χ1n) is 9.20. The van der Waals surface area contributed by atoms with Crippen molar-refractivity contribution >= 4 is 41.3 Å². The summed E-state index contributed by atoms with van der Waals surface area (Å²) in [5, 5.41) is 4.66. The van der Waals surface area contributed by atoms with E-state index in [4.69, 9.17) is 32.7 Å². The summed E-state index contributed by atoms with van der Waals surface area (Å²) < 4.78 is 10.7. The molecule has 158 valence electrons. The number of hydrogen-bond donors (Lipinski definition) is 1. The van der Waals surface area contributed by atoms with E-state index < -0.39 is 11.9 Å². The first-order chi connectivity index (χ1) is 14.9. The zero-order valence-electron chi connectivity index (χ0n) is 16.5. The van der Waals surface area contributed by atoms with Gasteiger partial charge in [-0.05, 0) is 66.6 Å². The summed E-state index contributed by atoms with van der Waals surface area (Å²) in [6.45, 7) is 1.59. The van der Waals surface area contributed by atoms with Gasteiger partial charge in [0.1, 0.15) is 11.5 Å². The lowest BCUT2D eigenvalue weighted by Crippen LogP contribution is -2.24. The molecule has 0 heterocycles. The Balaban J connectivity index is 1.48. The number of rotatable bonds is 7. The third-order valence-electron chi connectivity index (χ3n) is 4.11. The van der Waals surface area contributed by atoms with Crippen LogP contribution in [-0.2, 0) is 4.79 Å². The SMILES string of the molecule is Cc1ccccc1C(=O)Oc1ccc(/C=N\NC(=O)COc2ccc(Cl)cc2Cl)cc1. The molecule has 0 radical (unpaired) electrons. The smallest absolute Gasteiger partial charge is 0.343 e. The Bertz CT molecular complexity index is 1110. The van der Waals surface area contributed by atoms with Crippen molar-refractivity contribution in [3.63, 3.8) is 0 Å². The summed E-state index contributed by atoms with van der Waals surface area (Å²) in [5.74, 6) is -0.123. The largest absolute Gasteiger partial charge is 0.482 e. The van der Waals surface area contributed by atoms with Crippen LogP contribution in [0.5, 0.6) is 11.5 Å². The minimum absolute atomic E-state index is 0.257. The molecule has 0 bridgehead atoms. The normalized spacial score (nSPS) is 10.7. The van der Waals surface area contributed by atoms with E-state index in [2.05, 4.69) is 10.5 Å². The molecule has 3 rings (SSSR count). The number of nitrogens with zero attached hydrogens (tertiary/aromatic N) is 1. The van der Waals surface area contributed by atoms with Gasteiger partial charge in [0.2, 0.25) is 0 Å². The topological polar surface area (TPSA) is 77.0 Å². The predicted molar refractivity (Wildman–Crippen MR) is 120 cm³/mol. The fourth-order valence-corrected chi connectivity index (χ4v) is 3.00. The highest BCUT2D eigenvalue weighted by molar-refractivity contribution is 6.35. The molecule has 0 spiro atoms. The molecule has 0 aliphatic rings. The molecule has 3 aromatic carbocycles. The van der Waals surface area contributed by atoms with Crippen LogP contribution in [0.25, 0.3) is 0 Å². The van der Waals surface area contributed by atoms with Crippen molar-refractivity contribution in [3.05, 3.63) is 93.5 Å². The summed E-state index contributed by atoms with van der Waals surface area (Å²) in [4.78, 5) is 24.1. The fourth-order valence-electron chi connectivity index (χ4n) is 2.53. The van der Waals surface area contributed by atoms with Gasteiger partial charge in [-0.25, -0.2) is 10.2 Å². The van der Waals surface area contributed by atoms with Gasteiger partial charge in [0.15, 0.2) is 6.61 Å². The molecule has 6 nitrogen and oxygen atoms in total. The molecular formula is C23H18Cl2N2O4. The molecule has 0 fully saturated rings. The molecule has 0 aliphatic carbocycles. The molecule has 1 N–H and O–H groups in total. The first kappa shape index (κ1) is 22.3. The number of aryl methyl sites for hydroxylation is 1. The monoisotopic (exact) mass is 456 g/mol. The average Bonchev–Trinajstić information content (AvgIpc) is 2.74. The summed E-state index contributed by atoms with van der Waals surface area (Å²) in [7, 11) is 0. The Hall–Kier alpha value is -3.35. The standard InChI is InChI=1S/C23H18Cl2N2O4/c1-15-4-2-3-5-19(15)23(29)31-18-9-6-16(7-10-18)13-26-27-22(28)14-30-21-11-8-17(24)12-20(21)25/h2-13H,14H2,1H3,(H,27,28)/b26-13-. The lowest BCUT2D eigenvalue weighted by Gasteiger charge is -2.07. The maximum absolute atomic E-state index is 12.2. The quantitative estimate of drug-likeness (QED) is 0.233. The van der Waals surface area contributed by atoms with Gasteiger partial charge < -0.3 is 9.47 Å². The number of carbonyl (C=O) groups excluding carboxylic acids is 2. The van der Waals surface area contributed by atoms with Gasteiger partial charge in [-0.2, -0.15) is 5.10 Å². The van der Waals surface area contributed by atoms with Crippen molar-refractivity contribution in [2.75, 3.05) is 6.61 Å². The second-order valence-corrected chi connectivity index (χ2v) is 7.27. The van der Waals surface area contributed by atoms with Crippen molar-refractivity contribution < 1.29 is 19.1 Å². The van der Waals surface area contributed by atoms with Gasteiger partial charge in [0.25, 0.3) is 5.91 Å². The minimum Gasteiger partial charge on any atom is -0.482 e. The number of hydrogen-bond acceptors (Lipinski definition) is 5. The summed E-state index contributed by atoms with van der Waals surface area (Å²) >= 11 is 11.8. The van der Waals surface area contributed by atoms with Gasteiger partial charge in [-0.15, -0.1) is 0 Å². The number of nitrogens with one attached hydrogen (secondary N) is 1. The van der Waals surface area contributed by atoms with Crippen LogP contribution in [0, 0.1) is 6.92 Å². The molecule has 0 saturated heterocycles. The highest BCUT2D eigenvalue weighted by atomic mass is 35.5. The number of halogens is 2. The Morgan fingerprint density at radius 3 is 2.48 bits per heavy atom. The number of amides is 1. The lowest BCUT2D eigenvalue weighted by atomic mass is 10.1. The molecule has 0 saturated carbocycles. The Labute approximate surface area is 189 Å². The fraction of sp³-hybridized carbons (Fsp3) is 0.0870. The van der Waals surface area contributed by atoms with Crippen LogP contribution in [0.2, 0.25) is 10.0 Å². The van der Waals surface area contributed by atoms with E-state index in [9.17, 15) is 9.59 Å². The van der Waals surface area contributed by atoms with Crippen LogP contribution in [-0.4, -0.2) is 24.7 Å². The van der Waals surface area contributed by atoms with Gasteiger partial charge in [-0.1, -0.05) is 41.4 Å². The molecule has 3 aromatic rings. The van der Waals surface area contributed by atoms with Crippen molar-refractivity contribution in [2.24, 2.45) is 5.10 Å². The van der Waals surface area contributed by atoms with Crippen LogP contribution in [0.4, 0.5) is 0 Å². The van der Waals surface area contributed by atoms with E-state index >= 15 is 0 Å². The lowest BCUT2D eigenvalue weighted by molar-refractivity contribution is -0.123. The molecule has 31 heavy (non-hydrogen) atoms. The van der Waals surface area contributed by atoms with E-state index in [-0.39, 0.29) is 6.61 Å². The average molecular weight is 457 g/mol. The number of ether oxygens (including phenoxy) is 2. The van der Waals surface area contributed by atoms with Crippen LogP contribution in [0.15, 0.2) is 71.8 Å². The maximum Gasteiger partial charge on any atom is 0.343 e. The van der Waals surface area contributed by atoms with Crippen LogP contribution in [0.3, 0.4) is 0 Å². The molecular weight excluding hydrogens is 439 g/mol. The zero-order valence-corrected chi connectivity index (χ0v) is 18.0. The molecule has 8 heteroatoms. The number of esters is 1. The van der Waals surface area contributed by atoms with Crippen LogP contribution >= 0.6 is 23.2 Å². The summed E-state index contributed by atoms with van der Waals surface area (Å²) in [5.41, 5.74) is 4.42. The number of hydrazone groups is 1. The van der Waals surface area contributed by atoms with Gasteiger partial charge in [0, 0.05) is 5.02 Å². The summed E-state index contributed by atoms with van der Waals surface area (Å²) in [6, 6.07) is 18.6. The van der Waals surface area contributed by atoms with E-state index in [1.807, 2.05) is 19.1 Å². The molecule has 0 aliphatic heterocycles. The molecule has 0 aromatic heterocycles. The Morgan fingerprint density at radius 2 is 1.77 bits per heavy atom. The molecule has 0 atom stereocenters. The maximum atomic E-state index is 12.2. The zero-order chi connectivity index (χ0) is 22.2. The Morgan fingerprint density at radius 1 is 1.03 bits per heavy atom. The van der Waals surface area contributed by atoms with E-state index in [1.165, 1.54) is 12.3 Å². The van der Waals surface area contributed by atoms with Crippen molar-refractivity contribution in [3.8, 4) is 11.5 Å². The van der Waals surface area contributed by atoms with E-state index in [0.29, 0.717) is 32.7 Å². The molecule has 1 amide bonds. The van der Waals surface area contributed by atoms with Crippen molar-refractivity contribution in [2.45, 2.75) is 6.92 Å². The number of benzene rings is 3. The van der Waals surface area contributed by atoms with Crippen LogP contribution < -0.4 is 14.9 Å². The van der Waals surface area contributed by atoms with Crippen molar-refractivity contribution in [1.29, 1.82) is 0 Å². The van der Waals surface area contributed by atoms with Crippen molar-refractivity contribution in [1.82, 2.24) is 5.43 Å². The van der Waals surface area contributed by atoms with Gasteiger partial charge >= 0.3 is 5.97 Å². The third-order valence-corrected chi connectivity index (χ3v) is 4.64. The van der Waals surface area contributed by atoms with E-state index in [0.717, 1.165) is 5.56 Å². The Kier molecular flexibility index (Phi) is 7.65. The van der Waals surface area contributed by atoms with Crippen LogP contribution in [0.1, 0.15) is 21.5 Å². The minimum atomic E-state index is -0.453. The molecule has 0 unspecified atom stereocenters. The highest BCUT2D eigenvalue weighted by Crippen LogP contribution is 2.27. The first-order valence-corrected chi connectivity index (χ1v) is 9.95. The van der Waals surface area contributed by atoms with Gasteiger partial charge in [0.05, 0.1) is 16.8 Å². The van der Waals surface area contributed by atoms with E-state index in [1.54, 1.807) is 48.5 Å².